The second-order valence-corrected chi connectivity index (χ2v) is 4.56. The second kappa shape index (κ2) is 4.30. The third-order valence-corrected chi connectivity index (χ3v) is 3.39. The molecule has 1 saturated heterocycles. The molecular weight excluding hydrogens is 216 g/mol. The number of hydrogen-bond acceptors (Lipinski definition) is 5. The predicted octanol–water partition coefficient (Wildman–Crippen LogP) is 0.963. The Hall–Kier alpha value is -1.67. The van der Waals surface area contributed by atoms with Gasteiger partial charge in [0.1, 0.15) is 6.07 Å². The summed E-state index contributed by atoms with van der Waals surface area (Å²) in [7, 11) is 0. The molecule has 0 amide bonds. The van der Waals surface area contributed by atoms with Crippen molar-refractivity contribution in [1.29, 1.82) is 5.26 Å². The van der Waals surface area contributed by atoms with Gasteiger partial charge in [0.2, 0.25) is 0 Å². The maximum atomic E-state index is 8.70. The minimum absolute atomic E-state index is 0.366. The topological polar surface area (TPSA) is 62.0 Å². The molecule has 1 aromatic heterocycles. The van der Waals surface area contributed by atoms with E-state index in [2.05, 4.69) is 15.1 Å². The van der Waals surface area contributed by atoms with Crippen LogP contribution in [0.3, 0.4) is 0 Å². The van der Waals surface area contributed by atoms with Gasteiger partial charge >= 0.3 is 0 Å². The fourth-order valence-corrected chi connectivity index (χ4v) is 2.32. The molecule has 1 unspecified atom stereocenters. The van der Waals surface area contributed by atoms with Crippen LogP contribution < -0.4 is 4.90 Å². The van der Waals surface area contributed by atoms with Crippen molar-refractivity contribution >= 4 is 5.82 Å². The van der Waals surface area contributed by atoms with E-state index in [0.29, 0.717) is 11.7 Å². The fraction of sp³-hybridized carbons (Fsp3) is 0.583. The average molecular weight is 230 g/mol. The number of ether oxygens (including phenoxy) is 1. The highest BCUT2D eigenvalue weighted by atomic mass is 16.5. The zero-order chi connectivity index (χ0) is 11.7. The van der Waals surface area contributed by atoms with E-state index < -0.39 is 0 Å². The van der Waals surface area contributed by atoms with E-state index in [-0.39, 0.29) is 0 Å². The van der Waals surface area contributed by atoms with Gasteiger partial charge in [-0.15, -0.1) is 10.2 Å². The molecule has 3 rings (SSSR count). The Kier molecular flexibility index (Phi) is 2.65. The Morgan fingerprint density at radius 3 is 2.88 bits per heavy atom. The molecular formula is C12H14N4O. The summed E-state index contributed by atoms with van der Waals surface area (Å²) in [5, 5.41) is 16.7. The number of rotatable bonds is 2. The van der Waals surface area contributed by atoms with Gasteiger partial charge in [0.15, 0.2) is 11.5 Å². The third-order valence-electron chi connectivity index (χ3n) is 3.39. The van der Waals surface area contributed by atoms with Gasteiger partial charge in [-0.25, -0.2) is 0 Å². The molecule has 1 saturated carbocycles. The number of hydrogen-bond donors (Lipinski definition) is 0. The first kappa shape index (κ1) is 10.5. The van der Waals surface area contributed by atoms with Crippen molar-refractivity contribution in [2.75, 3.05) is 24.7 Å². The highest BCUT2D eigenvalue weighted by Gasteiger charge is 2.37. The van der Waals surface area contributed by atoms with Crippen LogP contribution in [-0.2, 0) is 4.74 Å². The maximum absolute atomic E-state index is 8.70. The summed E-state index contributed by atoms with van der Waals surface area (Å²) in [6, 6.07) is 6.03. The van der Waals surface area contributed by atoms with E-state index in [9.17, 15) is 0 Å². The average Bonchev–Trinajstić information content (AvgIpc) is 3.23. The Labute approximate surface area is 100 Å². The molecule has 5 heteroatoms. The van der Waals surface area contributed by atoms with Crippen LogP contribution in [0, 0.1) is 17.2 Å². The maximum Gasteiger partial charge on any atom is 0.163 e. The standard InChI is InChI=1S/C12H14N4O/c13-7-10-3-4-12(15-14-10)16-5-6-17-8-11(16)9-1-2-9/h3-4,9,11H,1-2,5-6,8H2. The second-order valence-electron chi connectivity index (χ2n) is 4.56. The van der Waals surface area contributed by atoms with E-state index in [0.717, 1.165) is 31.5 Å². The summed E-state index contributed by atoms with van der Waals surface area (Å²) >= 11 is 0. The molecule has 5 nitrogen and oxygen atoms in total. The molecule has 0 radical (unpaired) electrons. The summed E-state index contributed by atoms with van der Waals surface area (Å²) in [4.78, 5) is 2.27. The molecule has 2 aliphatic rings. The summed E-state index contributed by atoms with van der Waals surface area (Å²) < 4.78 is 5.54. The normalized spacial score (nSPS) is 24.4. The van der Waals surface area contributed by atoms with Gasteiger partial charge in [0.25, 0.3) is 0 Å². The van der Waals surface area contributed by atoms with Crippen LogP contribution in [0.15, 0.2) is 12.1 Å². The number of anilines is 1. The number of nitrogens with zero attached hydrogens (tertiary/aromatic N) is 4. The Morgan fingerprint density at radius 1 is 1.35 bits per heavy atom. The van der Waals surface area contributed by atoms with Gasteiger partial charge in [0, 0.05) is 6.54 Å². The first-order valence-corrected chi connectivity index (χ1v) is 5.96. The predicted molar refractivity (Wildman–Crippen MR) is 61.4 cm³/mol. The molecule has 1 aliphatic carbocycles. The minimum atomic E-state index is 0.366. The van der Waals surface area contributed by atoms with Crippen molar-refractivity contribution in [3.8, 4) is 6.07 Å². The van der Waals surface area contributed by atoms with Crippen LogP contribution in [0.5, 0.6) is 0 Å². The smallest absolute Gasteiger partial charge is 0.163 e. The van der Waals surface area contributed by atoms with Crippen LogP contribution in [0.2, 0.25) is 0 Å². The van der Waals surface area contributed by atoms with Crippen LogP contribution in [-0.4, -0.2) is 36.0 Å². The van der Waals surface area contributed by atoms with Crippen LogP contribution in [0.1, 0.15) is 18.5 Å². The number of morpholine rings is 1. The molecule has 0 aromatic carbocycles. The molecule has 1 aromatic rings. The van der Waals surface area contributed by atoms with Crippen LogP contribution in [0.25, 0.3) is 0 Å². The molecule has 2 fully saturated rings. The summed E-state index contributed by atoms with van der Waals surface area (Å²) in [6.45, 7) is 2.39. The van der Waals surface area contributed by atoms with Gasteiger partial charge in [-0.05, 0) is 30.9 Å². The van der Waals surface area contributed by atoms with Crippen LogP contribution in [0.4, 0.5) is 5.82 Å². The number of nitriles is 1. The Bertz CT molecular complexity index is 435. The van der Waals surface area contributed by atoms with Crippen molar-refractivity contribution in [2.45, 2.75) is 18.9 Å². The van der Waals surface area contributed by atoms with Crippen molar-refractivity contribution in [3.05, 3.63) is 17.8 Å². The Morgan fingerprint density at radius 2 is 2.24 bits per heavy atom. The van der Waals surface area contributed by atoms with E-state index >= 15 is 0 Å². The van der Waals surface area contributed by atoms with Crippen molar-refractivity contribution in [3.63, 3.8) is 0 Å². The van der Waals surface area contributed by atoms with E-state index in [1.54, 1.807) is 6.07 Å². The molecule has 0 spiro atoms. The monoisotopic (exact) mass is 230 g/mol. The SMILES string of the molecule is N#Cc1ccc(N2CCOCC2C2CC2)nn1. The largest absolute Gasteiger partial charge is 0.377 e. The lowest BCUT2D eigenvalue weighted by atomic mass is 10.1. The molecule has 1 aliphatic heterocycles. The van der Waals surface area contributed by atoms with E-state index in [1.807, 2.05) is 12.1 Å². The first-order chi connectivity index (χ1) is 8.38. The van der Waals surface area contributed by atoms with Gasteiger partial charge in [0.05, 0.1) is 19.3 Å². The molecule has 1 atom stereocenters. The number of aromatic nitrogens is 2. The highest BCUT2D eigenvalue weighted by Crippen LogP contribution is 2.37. The van der Waals surface area contributed by atoms with Gasteiger partial charge in [-0.1, -0.05) is 0 Å². The first-order valence-electron chi connectivity index (χ1n) is 5.96. The van der Waals surface area contributed by atoms with Gasteiger partial charge in [-0.2, -0.15) is 5.26 Å². The van der Waals surface area contributed by atoms with E-state index in [4.69, 9.17) is 10.00 Å². The van der Waals surface area contributed by atoms with Crippen LogP contribution >= 0.6 is 0 Å². The van der Waals surface area contributed by atoms with Gasteiger partial charge in [-0.3, -0.25) is 0 Å². The summed E-state index contributed by atoms with van der Waals surface area (Å²) in [5.74, 6) is 1.61. The molecule has 88 valence electrons. The minimum Gasteiger partial charge on any atom is -0.377 e. The summed E-state index contributed by atoms with van der Waals surface area (Å²) in [5.41, 5.74) is 0.366. The summed E-state index contributed by atoms with van der Waals surface area (Å²) in [6.07, 6.45) is 2.57. The Balaban J connectivity index is 1.82. The lowest BCUT2D eigenvalue weighted by Crippen LogP contribution is -2.47. The lowest BCUT2D eigenvalue weighted by Gasteiger charge is -2.36. The zero-order valence-corrected chi connectivity index (χ0v) is 9.54. The van der Waals surface area contributed by atoms with Crippen molar-refractivity contribution in [2.24, 2.45) is 5.92 Å². The molecule has 0 N–H and O–H groups in total. The van der Waals surface area contributed by atoms with Crippen molar-refractivity contribution < 1.29 is 4.74 Å². The third kappa shape index (κ3) is 2.08. The fourth-order valence-electron chi connectivity index (χ4n) is 2.32. The van der Waals surface area contributed by atoms with Crippen molar-refractivity contribution in [1.82, 2.24) is 10.2 Å². The van der Waals surface area contributed by atoms with E-state index in [1.165, 1.54) is 12.8 Å². The molecule has 17 heavy (non-hydrogen) atoms. The molecule has 0 bridgehead atoms. The quantitative estimate of drug-likeness (QED) is 0.757. The highest BCUT2D eigenvalue weighted by molar-refractivity contribution is 5.41. The zero-order valence-electron chi connectivity index (χ0n) is 9.54. The van der Waals surface area contributed by atoms with Gasteiger partial charge < -0.3 is 9.64 Å². The lowest BCUT2D eigenvalue weighted by molar-refractivity contribution is 0.0873. The molecule has 2 heterocycles.